The van der Waals surface area contributed by atoms with Crippen molar-refractivity contribution in [3.8, 4) is 5.75 Å². The molecule has 1 unspecified atom stereocenters. The number of rotatable bonds is 6. The molecular weight excluding hydrogens is 428 g/mol. The number of ether oxygens (including phenoxy) is 2. The number of hydrogen-bond donors (Lipinski definition) is 0. The smallest absolute Gasteiger partial charge is 0.448 e. The number of allylic oxidation sites excluding steroid dienone is 1. The van der Waals surface area contributed by atoms with Gasteiger partial charge in [-0.15, -0.1) is 0 Å². The van der Waals surface area contributed by atoms with Gasteiger partial charge in [-0.2, -0.15) is 13.2 Å². The number of halogens is 4. The van der Waals surface area contributed by atoms with Crippen molar-refractivity contribution >= 4 is 5.91 Å². The summed E-state index contributed by atoms with van der Waals surface area (Å²) in [5.41, 5.74) is -0.0168. The molecule has 3 aliphatic rings. The lowest BCUT2D eigenvalue weighted by Crippen LogP contribution is -2.44. The van der Waals surface area contributed by atoms with Gasteiger partial charge in [0, 0.05) is 37.7 Å². The molecule has 0 aromatic heterocycles. The van der Waals surface area contributed by atoms with Crippen LogP contribution in [0.4, 0.5) is 17.6 Å². The number of carbonyl (C=O) groups is 1. The van der Waals surface area contributed by atoms with E-state index in [2.05, 4.69) is 11.8 Å². The molecule has 0 spiro atoms. The van der Waals surface area contributed by atoms with Crippen molar-refractivity contribution in [2.45, 2.75) is 63.4 Å². The number of benzene rings is 1. The Bertz CT molecular complexity index is 873. The number of likely N-dealkylation sites (tertiary alicyclic amines) is 2. The molecule has 2 saturated heterocycles. The monoisotopic (exact) mass is 456 g/mol. The van der Waals surface area contributed by atoms with Gasteiger partial charge in [-0.25, -0.2) is 4.39 Å². The second-order valence-electron chi connectivity index (χ2n) is 8.78. The highest BCUT2D eigenvalue weighted by Crippen LogP contribution is 2.33. The third kappa shape index (κ3) is 5.03. The Morgan fingerprint density at radius 1 is 1.22 bits per heavy atom. The van der Waals surface area contributed by atoms with Crippen molar-refractivity contribution in [3.63, 3.8) is 0 Å². The Hall–Kier alpha value is -2.29. The van der Waals surface area contributed by atoms with E-state index in [1.165, 1.54) is 12.1 Å². The minimum absolute atomic E-state index is 0.0168. The number of hydrogen-bond acceptors (Lipinski definition) is 4. The second kappa shape index (κ2) is 9.29. The highest BCUT2D eigenvalue weighted by Gasteiger charge is 2.40. The van der Waals surface area contributed by atoms with E-state index in [-0.39, 0.29) is 36.3 Å². The molecule has 3 heterocycles. The molecule has 176 valence electrons. The van der Waals surface area contributed by atoms with Gasteiger partial charge in [0.2, 0.25) is 0 Å². The van der Waals surface area contributed by atoms with E-state index in [0.717, 1.165) is 50.9 Å². The molecule has 3 aliphatic heterocycles. The van der Waals surface area contributed by atoms with Crippen LogP contribution >= 0.6 is 0 Å². The zero-order valence-electron chi connectivity index (χ0n) is 18.0. The van der Waals surface area contributed by atoms with E-state index in [0.29, 0.717) is 12.6 Å². The second-order valence-corrected chi connectivity index (χ2v) is 8.78. The van der Waals surface area contributed by atoms with Gasteiger partial charge in [-0.05, 0) is 57.4 Å². The van der Waals surface area contributed by atoms with E-state index in [9.17, 15) is 22.4 Å². The van der Waals surface area contributed by atoms with Crippen molar-refractivity contribution < 1.29 is 31.8 Å². The van der Waals surface area contributed by atoms with Crippen LogP contribution in [0, 0.1) is 5.82 Å². The first-order valence-corrected chi connectivity index (χ1v) is 11.1. The average molecular weight is 456 g/mol. The maximum atomic E-state index is 14.7. The summed E-state index contributed by atoms with van der Waals surface area (Å²) in [6.07, 6.45) is -0.124. The van der Waals surface area contributed by atoms with Crippen molar-refractivity contribution in [3.05, 3.63) is 41.4 Å². The van der Waals surface area contributed by atoms with Crippen molar-refractivity contribution in [2.75, 3.05) is 26.2 Å². The van der Waals surface area contributed by atoms with Crippen LogP contribution in [-0.2, 0) is 4.74 Å². The predicted octanol–water partition coefficient (Wildman–Crippen LogP) is 4.53. The van der Waals surface area contributed by atoms with Crippen molar-refractivity contribution in [2.24, 2.45) is 0 Å². The number of nitrogens with zero attached hydrogens (tertiary/aromatic N) is 2. The van der Waals surface area contributed by atoms with E-state index in [1.54, 1.807) is 4.90 Å². The molecule has 3 atom stereocenters. The Morgan fingerprint density at radius 3 is 2.66 bits per heavy atom. The van der Waals surface area contributed by atoms with Crippen LogP contribution in [0.15, 0.2) is 30.0 Å². The van der Waals surface area contributed by atoms with Gasteiger partial charge >= 0.3 is 6.18 Å². The Labute approximate surface area is 184 Å². The molecule has 0 N–H and O–H groups in total. The summed E-state index contributed by atoms with van der Waals surface area (Å²) < 4.78 is 62.9. The summed E-state index contributed by atoms with van der Waals surface area (Å²) >= 11 is 0. The Balaban J connectivity index is 1.34. The molecular formula is C23H28F4N2O3. The van der Waals surface area contributed by atoms with Crippen LogP contribution in [0.25, 0.3) is 0 Å². The SMILES string of the molecule is C[C@@H]1CCCN1C[C@@H]1CCCN1C(=O)c1ccc(OCC2CC=C(C(F)(F)F)O2)cc1F. The third-order valence-electron chi connectivity index (χ3n) is 6.52. The van der Waals surface area contributed by atoms with E-state index < -0.39 is 23.9 Å². The lowest BCUT2D eigenvalue weighted by Gasteiger charge is -2.31. The zero-order chi connectivity index (χ0) is 22.9. The lowest BCUT2D eigenvalue weighted by atomic mass is 10.1. The fraction of sp³-hybridized carbons (Fsp3) is 0.609. The van der Waals surface area contributed by atoms with Crippen LogP contribution in [0.3, 0.4) is 0 Å². The molecule has 4 rings (SSSR count). The van der Waals surface area contributed by atoms with Gasteiger partial charge < -0.3 is 14.4 Å². The quantitative estimate of drug-likeness (QED) is 0.590. The van der Waals surface area contributed by atoms with E-state index >= 15 is 0 Å². The average Bonchev–Trinajstić information content (AvgIpc) is 3.48. The van der Waals surface area contributed by atoms with Crippen LogP contribution in [-0.4, -0.2) is 66.3 Å². The molecule has 5 nitrogen and oxygen atoms in total. The molecule has 1 amide bonds. The Kier molecular flexibility index (Phi) is 6.65. The molecule has 0 saturated carbocycles. The highest BCUT2D eigenvalue weighted by molar-refractivity contribution is 5.95. The van der Waals surface area contributed by atoms with Crippen LogP contribution in [0.1, 0.15) is 49.4 Å². The van der Waals surface area contributed by atoms with Gasteiger partial charge in [0.1, 0.15) is 24.3 Å². The summed E-state index contributed by atoms with van der Waals surface area (Å²) in [6, 6.07) is 4.54. The van der Waals surface area contributed by atoms with Gasteiger partial charge in [0.15, 0.2) is 5.76 Å². The standard InChI is InChI=1S/C23H28F4N2O3/c1-15-4-2-10-28(15)13-16-5-3-11-29(16)22(30)19-8-6-17(12-20(19)24)31-14-18-7-9-21(32-18)23(25,26)27/h6,8-9,12,15-16,18H,2-5,7,10-11,13-14H2,1H3/t15-,16+,18?/m1/s1. The number of carbonyl (C=O) groups excluding carboxylic acids is 1. The lowest BCUT2D eigenvalue weighted by molar-refractivity contribution is -0.135. The Morgan fingerprint density at radius 2 is 2.00 bits per heavy atom. The van der Waals surface area contributed by atoms with Gasteiger partial charge in [-0.3, -0.25) is 9.69 Å². The molecule has 2 fully saturated rings. The molecule has 0 aliphatic carbocycles. The first-order valence-electron chi connectivity index (χ1n) is 11.1. The fourth-order valence-corrected chi connectivity index (χ4v) is 4.73. The van der Waals surface area contributed by atoms with E-state index in [4.69, 9.17) is 9.47 Å². The molecule has 32 heavy (non-hydrogen) atoms. The summed E-state index contributed by atoms with van der Waals surface area (Å²) in [7, 11) is 0. The van der Waals surface area contributed by atoms with Crippen LogP contribution in [0.2, 0.25) is 0 Å². The van der Waals surface area contributed by atoms with Gasteiger partial charge in [0.05, 0.1) is 5.56 Å². The van der Waals surface area contributed by atoms with Gasteiger partial charge in [0.25, 0.3) is 5.91 Å². The first-order chi connectivity index (χ1) is 15.2. The minimum Gasteiger partial charge on any atom is -0.490 e. The molecule has 1 aromatic carbocycles. The molecule has 0 radical (unpaired) electrons. The van der Waals surface area contributed by atoms with E-state index in [1.807, 2.05) is 0 Å². The van der Waals surface area contributed by atoms with Crippen LogP contribution in [0.5, 0.6) is 5.75 Å². The zero-order valence-corrected chi connectivity index (χ0v) is 18.0. The highest BCUT2D eigenvalue weighted by atomic mass is 19.4. The van der Waals surface area contributed by atoms with Crippen molar-refractivity contribution in [1.29, 1.82) is 0 Å². The number of amides is 1. The summed E-state index contributed by atoms with van der Waals surface area (Å²) in [4.78, 5) is 17.2. The maximum Gasteiger partial charge on any atom is 0.448 e. The van der Waals surface area contributed by atoms with Gasteiger partial charge in [-0.1, -0.05) is 0 Å². The maximum absolute atomic E-state index is 14.7. The molecule has 9 heteroatoms. The largest absolute Gasteiger partial charge is 0.490 e. The molecule has 0 bridgehead atoms. The van der Waals surface area contributed by atoms with Crippen LogP contribution < -0.4 is 4.74 Å². The summed E-state index contributed by atoms with van der Waals surface area (Å²) in [5.74, 6) is -1.91. The number of alkyl halides is 3. The molecule has 1 aromatic rings. The fourth-order valence-electron chi connectivity index (χ4n) is 4.73. The third-order valence-corrected chi connectivity index (χ3v) is 6.52. The minimum atomic E-state index is -4.52. The first kappa shape index (κ1) is 22.9. The van der Waals surface area contributed by atoms with Crippen molar-refractivity contribution in [1.82, 2.24) is 9.80 Å². The predicted molar refractivity (Wildman–Crippen MR) is 110 cm³/mol. The topological polar surface area (TPSA) is 42.0 Å². The summed E-state index contributed by atoms with van der Waals surface area (Å²) in [6.45, 7) is 4.50. The summed E-state index contributed by atoms with van der Waals surface area (Å²) in [5, 5.41) is 0. The normalized spacial score (nSPS) is 26.3.